The summed E-state index contributed by atoms with van der Waals surface area (Å²) < 4.78 is 0. The zero-order valence-corrected chi connectivity index (χ0v) is 9.79. The number of likely N-dealkylation sites (tertiary alicyclic amines) is 1. The summed E-state index contributed by atoms with van der Waals surface area (Å²) in [6, 6.07) is -0.463. The number of hydrogen-bond acceptors (Lipinski definition) is 4. The highest BCUT2D eigenvalue weighted by atomic mass is 32.1. The van der Waals surface area contributed by atoms with Gasteiger partial charge in [-0.05, 0) is 19.8 Å². The van der Waals surface area contributed by atoms with E-state index in [0.717, 1.165) is 11.4 Å². The second-order valence-electron chi connectivity index (χ2n) is 3.81. The molecule has 1 unspecified atom stereocenters. The van der Waals surface area contributed by atoms with Crippen LogP contribution in [-0.2, 0) is 4.79 Å². The third-order valence-corrected chi connectivity index (χ3v) is 3.45. The third kappa shape index (κ3) is 1.92. The lowest BCUT2D eigenvalue weighted by atomic mass is 10.2. The lowest BCUT2D eigenvalue weighted by Crippen LogP contribution is -2.43. The molecule has 1 saturated heterocycles. The average Bonchev–Trinajstić information content (AvgIpc) is 2.84. The van der Waals surface area contributed by atoms with Gasteiger partial charge in [-0.3, -0.25) is 9.59 Å². The maximum absolute atomic E-state index is 12.0. The molecule has 5 nitrogen and oxygen atoms in total. The predicted octanol–water partition coefficient (Wildman–Crippen LogP) is 0.541. The van der Waals surface area contributed by atoms with Crippen LogP contribution in [0.4, 0.5) is 0 Å². The van der Waals surface area contributed by atoms with Crippen molar-refractivity contribution in [3.63, 3.8) is 0 Å². The van der Waals surface area contributed by atoms with E-state index in [1.807, 2.05) is 6.92 Å². The quantitative estimate of drug-likeness (QED) is 0.818. The first kappa shape index (κ1) is 11.1. The monoisotopic (exact) mass is 239 g/mol. The summed E-state index contributed by atoms with van der Waals surface area (Å²) in [5.41, 5.74) is 5.67. The largest absolute Gasteiger partial charge is 0.368 e. The highest BCUT2D eigenvalue weighted by Gasteiger charge is 2.33. The van der Waals surface area contributed by atoms with E-state index in [9.17, 15) is 9.59 Å². The topological polar surface area (TPSA) is 76.3 Å². The van der Waals surface area contributed by atoms with E-state index < -0.39 is 11.9 Å². The Bertz CT molecular complexity index is 429. The molecule has 1 aromatic heterocycles. The van der Waals surface area contributed by atoms with Crippen LogP contribution in [0.2, 0.25) is 0 Å². The molecule has 0 saturated carbocycles. The molecule has 2 rings (SSSR count). The number of carbonyl (C=O) groups excluding carboxylic acids is 2. The Balaban J connectivity index is 2.18. The molecule has 1 aliphatic heterocycles. The third-order valence-electron chi connectivity index (χ3n) is 2.68. The zero-order valence-electron chi connectivity index (χ0n) is 8.97. The van der Waals surface area contributed by atoms with Crippen LogP contribution in [0.3, 0.4) is 0 Å². The summed E-state index contributed by atoms with van der Waals surface area (Å²) in [6.45, 7) is 2.43. The van der Waals surface area contributed by atoms with Crippen molar-refractivity contribution in [2.45, 2.75) is 25.8 Å². The van der Waals surface area contributed by atoms with Crippen LogP contribution in [0.5, 0.6) is 0 Å². The van der Waals surface area contributed by atoms with Crippen LogP contribution in [0, 0.1) is 6.92 Å². The van der Waals surface area contributed by atoms with Crippen molar-refractivity contribution in [3.05, 3.63) is 16.1 Å². The number of nitrogens with zero attached hydrogens (tertiary/aromatic N) is 2. The van der Waals surface area contributed by atoms with Gasteiger partial charge in [0.1, 0.15) is 11.7 Å². The molecular weight excluding hydrogens is 226 g/mol. The fourth-order valence-electron chi connectivity index (χ4n) is 1.91. The number of rotatable bonds is 2. The number of aryl methyl sites for hydroxylation is 1. The van der Waals surface area contributed by atoms with Gasteiger partial charge in [0, 0.05) is 11.9 Å². The predicted molar refractivity (Wildman–Crippen MR) is 60.1 cm³/mol. The van der Waals surface area contributed by atoms with Crippen molar-refractivity contribution in [2.24, 2.45) is 5.73 Å². The molecule has 1 aliphatic rings. The van der Waals surface area contributed by atoms with E-state index in [4.69, 9.17) is 5.73 Å². The van der Waals surface area contributed by atoms with Crippen LogP contribution in [0.25, 0.3) is 0 Å². The molecule has 2 amide bonds. The molecule has 2 N–H and O–H groups in total. The summed E-state index contributed by atoms with van der Waals surface area (Å²) in [4.78, 5) is 28.8. The fourth-order valence-corrected chi connectivity index (χ4v) is 2.50. The minimum atomic E-state index is -0.463. The summed E-state index contributed by atoms with van der Waals surface area (Å²) in [7, 11) is 0. The SMILES string of the molecule is Cc1nc(C(=O)N2CCCC2C(N)=O)cs1. The van der Waals surface area contributed by atoms with E-state index >= 15 is 0 Å². The lowest BCUT2D eigenvalue weighted by molar-refractivity contribution is -0.121. The zero-order chi connectivity index (χ0) is 11.7. The van der Waals surface area contributed by atoms with Crippen molar-refractivity contribution in [1.82, 2.24) is 9.88 Å². The van der Waals surface area contributed by atoms with Crippen LogP contribution >= 0.6 is 11.3 Å². The Hall–Kier alpha value is -1.43. The lowest BCUT2D eigenvalue weighted by Gasteiger charge is -2.20. The van der Waals surface area contributed by atoms with E-state index in [0.29, 0.717) is 18.7 Å². The van der Waals surface area contributed by atoms with Gasteiger partial charge in [-0.2, -0.15) is 0 Å². The van der Waals surface area contributed by atoms with E-state index in [-0.39, 0.29) is 5.91 Å². The van der Waals surface area contributed by atoms with E-state index in [2.05, 4.69) is 4.98 Å². The number of thiazole rings is 1. The van der Waals surface area contributed by atoms with E-state index in [1.165, 1.54) is 16.2 Å². The second-order valence-corrected chi connectivity index (χ2v) is 4.87. The van der Waals surface area contributed by atoms with Crippen molar-refractivity contribution >= 4 is 23.2 Å². The molecule has 86 valence electrons. The molecule has 0 spiro atoms. The molecule has 6 heteroatoms. The molecule has 0 aliphatic carbocycles. The van der Waals surface area contributed by atoms with Gasteiger partial charge in [0.25, 0.3) is 5.91 Å². The Morgan fingerprint density at radius 3 is 2.94 bits per heavy atom. The Morgan fingerprint density at radius 1 is 1.62 bits per heavy atom. The number of aromatic nitrogens is 1. The van der Waals surface area contributed by atoms with Crippen molar-refractivity contribution in [2.75, 3.05) is 6.54 Å². The normalized spacial score (nSPS) is 20.1. The minimum Gasteiger partial charge on any atom is -0.368 e. The summed E-state index contributed by atoms with van der Waals surface area (Å²) in [5, 5.41) is 2.56. The van der Waals surface area contributed by atoms with Crippen molar-refractivity contribution in [3.8, 4) is 0 Å². The first-order valence-electron chi connectivity index (χ1n) is 5.12. The van der Waals surface area contributed by atoms with Gasteiger partial charge in [0.2, 0.25) is 5.91 Å². The molecule has 0 radical (unpaired) electrons. The minimum absolute atomic E-state index is 0.189. The maximum Gasteiger partial charge on any atom is 0.274 e. The average molecular weight is 239 g/mol. The number of hydrogen-bond donors (Lipinski definition) is 1. The Labute approximate surface area is 97.3 Å². The van der Waals surface area contributed by atoms with Gasteiger partial charge in [-0.15, -0.1) is 11.3 Å². The van der Waals surface area contributed by atoms with Crippen LogP contribution in [0.1, 0.15) is 28.3 Å². The van der Waals surface area contributed by atoms with Crippen molar-refractivity contribution in [1.29, 1.82) is 0 Å². The number of nitrogens with two attached hydrogens (primary N) is 1. The molecule has 1 atom stereocenters. The molecular formula is C10H13N3O2S. The van der Waals surface area contributed by atoms with Gasteiger partial charge in [0.05, 0.1) is 5.01 Å². The molecule has 1 fully saturated rings. The second kappa shape index (κ2) is 4.21. The number of primary amides is 1. The highest BCUT2D eigenvalue weighted by Crippen LogP contribution is 2.20. The van der Waals surface area contributed by atoms with Gasteiger partial charge in [0.15, 0.2) is 0 Å². The fraction of sp³-hybridized carbons (Fsp3) is 0.500. The molecule has 1 aromatic rings. The Kier molecular flexibility index (Phi) is 2.91. The van der Waals surface area contributed by atoms with Crippen LogP contribution in [-0.4, -0.2) is 34.3 Å². The molecule has 0 aromatic carbocycles. The smallest absolute Gasteiger partial charge is 0.274 e. The van der Waals surface area contributed by atoms with Gasteiger partial charge in [-0.25, -0.2) is 4.98 Å². The Morgan fingerprint density at radius 2 is 2.38 bits per heavy atom. The molecule has 2 heterocycles. The highest BCUT2D eigenvalue weighted by molar-refractivity contribution is 7.09. The first-order valence-corrected chi connectivity index (χ1v) is 6.00. The van der Waals surface area contributed by atoms with Crippen molar-refractivity contribution < 1.29 is 9.59 Å². The summed E-state index contributed by atoms with van der Waals surface area (Å²) in [5.74, 6) is -0.622. The van der Waals surface area contributed by atoms with Gasteiger partial charge >= 0.3 is 0 Å². The summed E-state index contributed by atoms with van der Waals surface area (Å²) in [6.07, 6.45) is 1.48. The van der Waals surface area contributed by atoms with Crippen LogP contribution in [0.15, 0.2) is 5.38 Å². The molecule has 0 bridgehead atoms. The van der Waals surface area contributed by atoms with Crippen LogP contribution < -0.4 is 5.73 Å². The number of carbonyl (C=O) groups is 2. The first-order chi connectivity index (χ1) is 7.59. The standard InChI is InChI=1S/C10H13N3O2S/c1-6-12-7(5-16-6)10(15)13-4-2-3-8(13)9(11)14/h5,8H,2-4H2,1H3,(H2,11,14). The van der Waals surface area contributed by atoms with Gasteiger partial charge in [-0.1, -0.05) is 0 Å². The summed E-state index contributed by atoms with van der Waals surface area (Å²) >= 11 is 1.43. The maximum atomic E-state index is 12.0. The van der Waals surface area contributed by atoms with E-state index in [1.54, 1.807) is 5.38 Å². The number of amides is 2. The van der Waals surface area contributed by atoms with Gasteiger partial charge < -0.3 is 10.6 Å². The molecule has 16 heavy (non-hydrogen) atoms.